The topological polar surface area (TPSA) is 34.1 Å². The third-order valence-electron chi connectivity index (χ3n) is 6.59. The smallest absolute Gasteiger partial charge is 0.154 e. The maximum absolute atomic E-state index is 12.8. The number of ketones is 1. The molecule has 0 aliphatic heterocycles. The highest BCUT2D eigenvalue weighted by atomic mass is 31.0. The largest absolute Gasteiger partial charge is 0.299 e. The number of Topliss-reactive ketones (excluding diaryl/α,β-unsaturated/α-hetero) is 1. The Bertz CT molecular complexity index is 431. The van der Waals surface area contributed by atoms with Crippen LogP contribution in [-0.2, 0) is 9.59 Å². The molecule has 0 aromatic carbocycles. The van der Waals surface area contributed by atoms with Gasteiger partial charge in [0, 0.05) is 17.3 Å². The van der Waals surface area contributed by atoms with Crippen LogP contribution in [0.4, 0.5) is 0 Å². The minimum Gasteiger partial charge on any atom is -0.299 e. The minimum atomic E-state index is -0.434. The van der Waals surface area contributed by atoms with Crippen LogP contribution in [0.1, 0.15) is 94.4 Å². The van der Waals surface area contributed by atoms with E-state index >= 15 is 0 Å². The van der Waals surface area contributed by atoms with Crippen LogP contribution < -0.4 is 0 Å². The quantitative estimate of drug-likeness (QED) is 0.359. The van der Waals surface area contributed by atoms with Gasteiger partial charge in [-0.3, -0.25) is 9.59 Å². The summed E-state index contributed by atoms with van der Waals surface area (Å²) in [7, 11) is 2.33. The Kier molecular flexibility index (Phi) is 7.69. The van der Waals surface area contributed by atoms with Gasteiger partial charge in [-0.05, 0) is 23.7 Å². The summed E-state index contributed by atoms with van der Waals surface area (Å²) < 4.78 is 0. The first-order chi connectivity index (χ1) is 10.1. The Balaban J connectivity index is 5.30. The van der Waals surface area contributed by atoms with Crippen molar-refractivity contribution < 1.29 is 9.59 Å². The van der Waals surface area contributed by atoms with E-state index in [1.165, 1.54) is 0 Å². The summed E-state index contributed by atoms with van der Waals surface area (Å²) in [5, 5.41) is 0. The molecule has 0 heterocycles. The number of unbranched alkanes of at least 4 members (excludes halogenated alkanes) is 2. The lowest BCUT2D eigenvalue weighted by atomic mass is 9.54. The van der Waals surface area contributed by atoms with Gasteiger partial charge < -0.3 is 0 Å². The molecule has 1 unspecified atom stereocenters. The highest BCUT2D eigenvalue weighted by Crippen LogP contribution is 2.53. The number of hydrogen-bond acceptors (Lipinski definition) is 2. The van der Waals surface area contributed by atoms with Crippen LogP contribution in [-0.4, -0.2) is 11.3 Å². The van der Waals surface area contributed by atoms with Gasteiger partial charge in [0.25, 0.3) is 0 Å². The molecule has 0 fully saturated rings. The molecule has 1 atom stereocenters. The van der Waals surface area contributed by atoms with Gasteiger partial charge in [-0.25, -0.2) is 0 Å². The summed E-state index contributed by atoms with van der Waals surface area (Å²) >= 11 is 0. The van der Waals surface area contributed by atoms with Gasteiger partial charge in [0.05, 0.1) is 0 Å². The van der Waals surface area contributed by atoms with Crippen molar-refractivity contribution in [2.24, 2.45) is 21.7 Å². The summed E-state index contributed by atoms with van der Waals surface area (Å²) in [4.78, 5) is 24.8. The minimum absolute atomic E-state index is 0.130. The molecular formula is C20H39O2P. The molecule has 2 nitrogen and oxygen atoms in total. The summed E-state index contributed by atoms with van der Waals surface area (Å²) in [6, 6.07) is 0. The Morgan fingerprint density at radius 1 is 0.783 bits per heavy atom. The Morgan fingerprint density at radius 3 is 1.61 bits per heavy atom. The molecule has 0 saturated heterocycles. The second kappa shape index (κ2) is 7.77. The molecule has 0 amide bonds. The predicted octanol–water partition coefficient (Wildman–Crippen LogP) is 6.03. The standard InChI is InChI=1S/C20H39O2P/c1-10-11-12-13-15(21)19(6,7)17(2,3)14-18(4,5)20(8,9)16(22)23/h10-14,23H2,1-9H3. The van der Waals surface area contributed by atoms with Crippen molar-refractivity contribution in [2.75, 3.05) is 0 Å². The monoisotopic (exact) mass is 342 g/mol. The molecule has 0 rings (SSSR count). The van der Waals surface area contributed by atoms with E-state index in [2.05, 4.69) is 57.7 Å². The van der Waals surface area contributed by atoms with E-state index in [4.69, 9.17) is 0 Å². The SMILES string of the molecule is CCCCCC(=O)C(C)(C)C(C)(C)CC(C)(C)C(C)(C)C(=O)P. The Morgan fingerprint density at radius 2 is 1.22 bits per heavy atom. The molecule has 136 valence electrons. The second-order valence-corrected chi connectivity index (χ2v) is 9.96. The fourth-order valence-corrected chi connectivity index (χ4v) is 3.50. The van der Waals surface area contributed by atoms with E-state index in [0.29, 0.717) is 12.2 Å². The molecule has 23 heavy (non-hydrogen) atoms. The third kappa shape index (κ3) is 5.12. The molecule has 0 aliphatic carbocycles. The van der Waals surface area contributed by atoms with Crippen molar-refractivity contribution in [2.45, 2.75) is 94.4 Å². The molecule has 0 aromatic heterocycles. The molecule has 0 spiro atoms. The van der Waals surface area contributed by atoms with E-state index < -0.39 is 10.8 Å². The van der Waals surface area contributed by atoms with Crippen molar-refractivity contribution in [1.29, 1.82) is 0 Å². The first kappa shape index (κ1) is 22.8. The van der Waals surface area contributed by atoms with Crippen LogP contribution in [0, 0.1) is 21.7 Å². The molecule has 0 aliphatic rings. The van der Waals surface area contributed by atoms with Crippen molar-refractivity contribution in [3.63, 3.8) is 0 Å². The highest BCUT2D eigenvalue weighted by molar-refractivity contribution is 7.40. The van der Waals surface area contributed by atoms with Crippen LogP contribution in [0.3, 0.4) is 0 Å². The first-order valence-electron chi connectivity index (χ1n) is 8.96. The molecule has 0 radical (unpaired) electrons. The van der Waals surface area contributed by atoms with Crippen LogP contribution in [0.15, 0.2) is 0 Å². The number of carbonyl (C=O) groups is 2. The summed E-state index contributed by atoms with van der Waals surface area (Å²) in [5.74, 6) is 0.349. The fraction of sp³-hybridized carbons (Fsp3) is 0.900. The van der Waals surface area contributed by atoms with E-state index in [0.717, 1.165) is 25.7 Å². The molecule has 0 aromatic rings. The van der Waals surface area contributed by atoms with Gasteiger partial charge in [0.2, 0.25) is 0 Å². The lowest BCUT2D eigenvalue weighted by molar-refractivity contribution is -0.137. The zero-order valence-electron chi connectivity index (χ0n) is 16.9. The van der Waals surface area contributed by atoms with Gasteiger partial charge >= 0.3 is 0 Å². The van der Waals surface area contributed by atoms with Crippen molar-refractivity contribution >= 4 is 20.5 Å². The maximum Gasteiger partial charge on any atom is 0.154 e. The molecule has 0 saturated carbocycles. The van der Waals surface area contributed by atoms with E-state index in [-0.39, 0.29) is 16.4 Å². The van der Waals surface area contributed by atoms with Gasteiger partial charge in [0.15, 0.2) is 5.52 Å². The van der Waals surface area contributed by atoms with E-state index in [1.54, 1.807) is 0 Å². The van der Waals surface area contributed by atoms with Gasteiger partial charge in [-0.2, -0.15) is 0 Å². The molecule has 0 N–H and O–H groups in total. The molecule has 0 bridgehead atoms. The van der Waals surface area contributed by atoms with E-state index in [1.807, 2.05) is 13.8 Å². The van der Waals surface area contributed by atoms with E-state index in [9.17, 15) is 9.59 Å². The van der Waals surface area contributed by atoms with Crippen LogP contribution in [0.2, 0.25) is 0 Å². The Hall–Kier alpha value is -0.230. The van der Waals surface area contributed by atoms with Crippen molar-refractivity contribution in [3.8, 4) is 0 Å². The lowest BCUT2D eigenvalue weighted by Gasteiger charge is -2.49. The van der Waals surface area contributed by atoms with Gasteiger partial charge in [0.1, 0.15) is 5.78 Å². The summed E-state index contributed by atoms with van der Waals surface area (Å²) in [6.45, 7) is 19.0. The molecule has 3 heteroatoms. The average molecular weight is 343 g/mol. The van der Waals surface area contributed by atoms with Crippen LogP contribution >= 0.6 is 9.24 Å². The average Bonchev–Trinajstić information content (AvgIpc) is 2.36. The predicted molar refractivity (Wildman–Crippen MR) is 104 cm³/mol. The van der Waals surface area contributed by atoms with Crippen molar-refractivity contribution in [1.82, 2.24) is 0 Å². The fourth-order valence-electron chi connectivity index (χ4n) is 3.11. The number of rotatable bonds is 10. The number of carbonyl (C=O) groups excluding carboxylic acids is 2. The molecular weight excluding hydrogens is 303 g/mol. The van der Waals surface area contributed by atoms with Crippen LogP contribution in [0.25, 0.3) is 0 Å². The summed E-state index contributed by atoms with van der Waals surface area (Å²) in [6.07, 6.45) is 4.72. The first-order valence-corrected chi connectivity index (χ1v) is 9.54. The third-order valence-corrected chi connectivity index (χ3v) is 7.31. The zero-order valence-corrected chi connectivity index (χ0v) is 18.1. The maximum atomic E-state index is 12.8. The zero-order chi connectivity index (χ0) is 18.7. The number of hydrogen-bond donors (Lipinski definition) is 0. The van der Waals surface area contributed by atoms with Gasteiger partial charge in [-0.15, -0.1) is 0 Å². The summed E-state index contributed by atoms with van der Waals surface area (Å²) in [5.41, 5.74) is -1.05. The van der Waals surface area contributed by atoms with Gasteiger partial charge in [-0.1, -0.05) is 84.4 Å². The lowest BCUT2D eigenvalue weighted by Crippen LogP contribution is -2.47. The highest BCUT2D eigenvalue weighted by Gasteiger charge is 2.50. The van der Waals surface area contributed by atoms with Crippen molar-refractivity contribution in [3.05, 3.63) is 0 Å². The second-order valence-electron chi connectivity index (χ2n) is 9.44. The Labute approximate surface area is 146 Å². The normalized spacial score (nSPS) is 14.0. The van der Waals surface area contributed by atoms with Crippen LogP contribution in [0.5, 0.6) is 0 Å².